The number of carbonyl (C=O) groups is 1. The zero-order chi connectivity index (χ0) is 19.6. The van der Waals surface area contributed by atoms with Gasteiger partial charge in [-0.2, -0.15) is 4.31 Å². The summed E-state index contributed by atoms with van der Waals surface area (Å²) in [6.07, 6.45) is 4.59. The molecule has 1 heterocycles. The molecule has 1 saturated heterocycles. The maximum atomic E-state index is 12.9. The fourth-order valence-corrected chi connectivity index (χ4v) is 4.77. The minimum absolute atomic E-state index is 0.0834. The lowest BCUT2D eigenvalue weighted by atomic mass is 10.0. The van der Waals surface area contributed by atoms with Crippen molar-refractivity contribution in [1.29, 1.82) is 0 Å². The van der Waals surface area contributed by atoms with Gasteiger partial charge in [-0.15, -0.1) is 0 Å². The number of nitrogens with zero attached hydrogens (tertiary/aromatic N) is 2. The molecule has 27 heavy (non-hydrogen) atoms. The molecule has 2 fully saturated rings. The number of hydrogen-bond acceptors (Lipinski definition) is 4. The summed E-state index contributed by atoms with van der Waals surface area (Å²) in [5.41, 5.74) is 0.442. The normalized spacial score (nSPS) is 19.1. The number of nitrogens with one attached hydrogen (secondary N) is 1. The average Bonchev–Trinajstić information content (AvgIpc) is 3.50. The van der Waals surface area contributed by atoms with Crippen molar-refractivity contribution >= 4 is 15.9 Å². The number of amides is 1. The van der Waals surface area contributed by atoms with Gasteiger partial charge >= 0.3 is 0 Å². The van der Waals surface area contributed by atoms with Crippen LogP contribution in [-0.2, 0) is 10.0 Å². The van der Waals surface area contributed by atoms with Gasteiger partial charge in [0.05, 0.1) is 4.90 Å². The van der Waals surface area contributed by atoms with Crippen LogP contribution in [-0.4, -0.2) is 62.3 Å². The largest absolute Gasteiger partial charge is 0.339 e. The molecule has 2 aliphatic rings. The Morgan fingerprint density at radius 2 is 1.89 bits per heavy atom. The number of rotatable bonds is 7. The number of hydrogen-bond donors (Lipinski definition) is 1. The summed E-state index contributed by atoms with van der Waals surface area (Å²) >= 11 is 0. The maximum absolute atomic E-state index is 12.9. The van der Waals surface area contributed by atoms with Gasteiger partial charge in [-0.25, -0.2) is 8.42 Å². The Labute approximate surface area is 163 Å². The molecule has 0 bridgehead atoms. The quantitative estimate of drug-likeness (QED) is 0.772. The van der Waals surface area contributed by atoms with E-state index in [1.165, 1.54) is 23.2 Å². The molecule has 0 unspecified atom stereocenters. The molecular formula is C20H31N3O3S. The third-order valence-electron chi connectivity index (χ3n) is 5.66. The van der Waals surface area contributed by atoms with Crippen LogP contribution < -0.4 is 5.32 Å². The molecule has 0 spiro atoms. The minimum Gasteiger partial charge on any atom is -0.339 e. The lowest BCUT2D eigenvalue weighted by Crippen LogP contribution is -2.45. The molecule has 1 saturated carbocycles. The lowest BCUT2D eigenvalue weighted by Gasteiger charge is -2.32. The van der Waals surface area contributed by atoms with Crippen LogP contribution >= 0.6 is 0 Å². The lowest BCUT2D eigenvalue weighted by molar-refractivity contribution is 0.0704. The second-order valence-electron chi connectivity index (χ2n) is 8.06. The summed E-state index contributed by atoms with van der Waals surface area (Å²) in [5, 5.41) is 3.61. The van der Waals surface area contributed by atoms with Crippen molar-refractivity contribution in [3.8, 4) is 0 Å². The molecule has 1 N–H and O–H groups in total. The summed E-state index contributed by atoms with van der Waals surface area (Å²) in [5.74, 6) is 0.776. The van der Waals surface area contributed by atoms with Gasteiger partial charge in [0.25, 0.3) is 5.91 Å². The molecule has 7 heteroatoms. The summed E-state index contributed by atoms with van der Waals surface area (Å²) in [6.45, 7) is 6.18. The average molecular weight is 394 g/mol. The highest BCUT2D eigenvalue weighted by molar-refractivity contribution is 7.89. The molecule has 3 rings (SSSR count). The topological polar surface area (TPSA) is 69.7 Å². The van der Waals surface area contributed by atoms with Gasteiger partial charge in [-0.05, 0) is 70.2 Å². The number of likely N-dealkylation sites (tertiary alicyclic amines) is 1. The van der Waals surface area contributed by atoms with Crippen LogP contribution in [0.2, 0.25) is 0 Å². The first-order chi connectivity index (χ1) is 12.8. The minimum atomic E-state index is -3.59. The highest BCUT2D eigenvalue weighted by Gasteiger charge is 2.28. The Balaban J connectivity index is 1.63. The zero-order valence-electron chi connectivity index (χ0n) is 16.5. The van der Waals surface area contributed by atoms with Gasteiger partial charge in [0, 0.05) is 37.8 Å². The zero-order valence-corrected chi connectivity index (χ0v) is 17.3. The number of carbonyl (C=O) groups excluding carboxylic acids is 1. The molecule has 6 nitrogen and oxygen atoms in total. The van der Waals surface area contributed by atoms with Crippen LogP contribution in [0.15, 0.2) is 29.2 Å². The standard InChI is InChI=1S/C20H31N3O3S/c1-15(2)22(3)27(25,26)19-6-4-5-17(13-19)20(24)23-11-9-18(10-12-23)21-14-16-7-8-16/h4-6,13,15-16,18,21H,7-12,14H2,1-3H3. The Bertz CT molecular complexity index is 766. The van der Waals surface area contributed by atoms with E-state index < -0.39 is 10.0 Å². The fraction of sp³-hybridized carbons (Fsp3) is 0.650. The number of benzene rings is 1. The molecule has 1 aliphatic carbocycles. The van der Waals surface area contributed by atoms with Crippen molar-refractivity contribution in [2.24, 2.45) is 5.92 Å². The smallest absolute Gasteiger partial charge is 0.253 e. The van der Waals surface area contributed by atoms with Crippen LogP contribution in [0.5, 0.6) is 0 Å². The van der Waals surface area contributed by atoms with Gasteiger partial charge in [-0.1, -0.05) is 6.07 Å². The van der Waals surface area contributed by atoms with Gasteiger partial charge in [-0.3, -0.25) is 4.79 Å². The third kappa shape index (κ3) is 4.89. The van der Waals surface area contributed by atoms with E-state index in [9.17, 15) is 13.2 Å². The molecule has 150 valence electrons. The molecular weight excluding hydrogens is 362 g/mol. The molecule has 0 radical (unpaired) electrons. The van der Waals surface area contributed by atoms with E-state index in [0.717, 1.165) is 25.3 Å². The first-order valence-electron chi connectivity index (χ1n) is 9.90. The van der Waals surface area contributed by atoms with E-state index in [1.807, 2.05) is 18.7 Å². The highest BCUT2D eigenvalue weighted by Crippen LogP contribution is 2.28. The maximum Gasteiger partial charge on any atom is 0.253 e. The fourth-order valence-electron chi connectivity index (χ4n) is 3.36. The van der Waals surface area contributed by atoms with E-state index in [0.29, 0.717) is 24.7 Å². The van der Waals surface area contributed by atoms with Gasteiger partial charge in [0.1, 0.15) is 0 Å². The SMILES string of the molecule is CC(C)N(C)S(=O)(=O)c1cccc(C(=O)N2CCC(NCC3CC3)CC2)c1. The van der Waals surface area contributed by atoms with E-state index >= 15 is 0 Å². The van der Waals surface area contributed by atoms with Crippen molar-refractivity contribution < 1.29 is 13.2 Å². The first kappa shape index (κ1) is 20.3. The highest BCUT2D eigenvalue weighted by atomic mass is 32.2. The molecule has 1 aromatic carbocycles. The first-order valence-corrected chi connectivity index (χ1v) is 11.3. The predicted molar refractivity (Wildman–Crippen MR) is 106 cm³/mol. The van der Waals surface area contributed by atoms with E-state index in [2.05, 4.69) is 5.32 Å². The van der Waals surface area contributed by atoms with Crippen LogP contribution in [0, 0.1) is 5.92 Å². The van der Waals surface area contributed by atoms with Crippen molar-refractivity contribution in [3.05, 3.63) is 29.8 Å². The Kier molecular flexibility index (Phi) is 6.23. The predicted octanol–water partition coefficient (Wildman–Crippen LogP) is 2.32. The molecule has 1 amide bonds. The van der Waals surface area contributed by atoms with Crippen molar-refractivity contribution in [2.45, 2.75) is 56.5 Å². The molecule has 1 aromatic rings. The van der Waals surface area contributed by atoms with Crippen LogP contribution in [0.3, 0.4) is 0 Å². The van der Waals surface area contributed by atoms with Crippen LogP contribution in [0.1, 0.15) is 49.9 Å². The molecule has 1 aliphatic heterocycles. The summed E-state index contributed by atoms with van der Waals surface area (Å²) in [6, 6.07) is 6.76. The van der Waals surface area contributed by atoms with E-state index in [-0.39, 0.29) is 16.8 Å². The van der Waals surface area contributed by atoms with Gasteiger partial charge < -0.3 is 10.2 Å². The third-order valence-corrected chi connectivity index (χ3v) is 7.69. The number of sulfonamides is 1. The summed E-state index contributed by atoms with van der Waals surface area (Å²) in [4.78, 5) is 14.9. The van der Waals surface area contributed by atoms with Gasteiger partial charge in [0.15, 0.2) is 0 Å². The Hall–Kier alpha value is -1.44. The monoisotopic (exact) mass is 393 g/mol. The number of piperidine rings is 1. The van der Waals surface area contributed by atoms with Gasteiger partial charge in [0.2, 0.25) is 10.0 Å². The van der Waals surface area contributed by atoms with E-state index in [1.54, 1.807) is 25.2 Å². The van der Waals surface area contributed by atoms with Crippen molar-refractivity contribution in [1.82, 2.24) is 14.5 Å². The van der Waals surface area contributed by atoms with Crippen molar-refractivity contribution in [3.63, 3.8) is 0 Å². The summed E-state index contributed by atoms with van der Waals surface area (Å²) in [7, 11) is -2.03. The Morgan fingerprint density at radius 3 is 2.48 bits per heavy atom. The van der Waals surface area contributed by atoms with Crippen LogP contribution in [0.4, 0.5) is 0 Å². The van der Waals surface area contributed by atoms with E-state index in [4.69, 9.17) is 0 Å². The summed E-state index contributed by atoms with van der Waals surface area (Å²) < 4.78 is 26.7. The van der Waals surface area contributed by atoms with Crippen LogP contribution in [0.25, 0.3) is 0 Å². The second-order valence-corrected chi connectivity index (χ2v) is 10.1. The molecule has 0 atom stereocenters. The Morgan fingerprint density at radius 1 is 1.22 bits per heavy atom. The second kappa shape index (κ2) is 8.29. The van der Waals surface area contributed by atoms with Crippen molar-refractivity contribution in [2.75, 3.05) is 26.7 Å². The molecule has 0 aromatic heterocycles.